The lowest BCUT2D eigenvalue weighted by Gasteiger charge is -2.20. The molecule has 0 saturated carbocycles. The number of nitrogens with zero attached hydrogens (tertiary/aromatic N) is 3. The number of hydrogen-bond acceptors (Lipinski definition) is 4. The van der Waals surface area contributed by atoms with Crippen LogP contribution < -0.4 is 20.9 Å². The summed E-state index contributed by atoms with van der Waals surface area (Å²) in [5.74, 6) is 1.34. The van der Waals surface area contributed by atoms with Crippen molar-refractivity contribution in [3.8, 4) is 0 Å². The minimum Gasteiger partial charge on any atom is -0.357 e. The van der Waals surface area contributed by atoms with Crippen LogP contribution >= 0.6 is 47.2 Å². The van der Waals surface area contributed by atoms with Gasteiger partial charge >= 0.3 is 0 Å². The van der Waals surface area contributed by atoms with Crippen LogP contribution in [0.5, 0.6) is 0 Å². The highest BCUT2D eigenvalue weighted by molar-refractivity contribution is 14.0. The Kier molecular flexibility index (Phi) is 10.6. The number of aliphatic imine (C=N–C) groups is 1. The predicted molar refractivity (Wildman–Crippen MR) is 138 cm³/mol. The number of anilines is 1. The molecule has 0 spiro atoms. The summed E-state index contributed by atoms with van der Waals surface area (Å²) in [6, 6.07) is 10.9. The number of pyridine rings is 1. The molecule has 168 valence electrons. The molecule has 1 aromatic heterocycles. The number of rotatable bonds is 7. The summed E-state index contributed by atoms with van der Waals surface area (Å²) in [6.07, 6.45) is 2.71. The van der Waals surface area contributed by atoms with E-state index in [-0.39, 0.29) is 35.9 Å². The molecule has 1 atom stereocenters. The van der Waals surface area contributed by atoms with Crippen LogP contribution in [0, 0.1) is 0 Å². The molecule has 1 amide bonds. The number of carbonyl (C=O) groups is 1. The molecular weight excluding hydrogens is 550 g/mol. The van der Waals surface area contributed by atoms with E-state index in [1.165, 1.54) is 0 Å². The van der Waals surface area contributed by atoms with Crippen molar-refractivity contribution in [3.63, 3.8) is 0 Å². The van der Waals surface area contributed by atoms with Crippen LogP contribution in [0.15, 0.2) is 47.6 Å². The predicted octanol–water partition coefficient (Wildman–Crippen LogP) is 3.57. The first-order valence-electron chi connectivity index (χ1n) is 10.0. The smallest absolute Gasteiger partial charge is 0.252 e. The van der Waals surface area contributed by atoms with E-state index in [4.69, 9.17) is 23.2 Å². The zero-order valence-corrected chi connectivity index (χ0v) is 21.1. The van der Waals surface area contributed by atoms with Gasteiger partial charge in [0.15, 0.2) is 5.96 Å². The topological polar surface area (TPSA) is 81.6 Å². The summed E-state index contributed by atoms with van der Waals surface area (Å²) in [7, 11) is 0. The highest BCUT2D eigenvalue weighted by Gasteiger charge is 2.25. The van der Waals surface area contributed by atoms with E-state index in [2.05, 4.69) is 30.8 Å². The molecule has 3 N–H and O–H groups in total. The van der Waals surface area contributed by atoms with E-state index in [1.807, 2.05) is 19.1 Å². The molecule has 31 heavy (non-hydrogen) atoms. The maximum Gasteiger partial charge on any atom is 0.252 e. The van der Waals surface area contributed by atoms with E-state index in [9.17, 15) is 4.79 Å². The summed E-state index contributed by atoms with van der Waals surface area (Å²) in [4.78, 5) is 23.3. The summed E-state index contributed by atoms with van der Waals surface area (Å²) in [5, 5.41) is 10.7. The highest BCUT2D eigenvalue weighted by Crippen LogP contribution is 2.25. The van der Waals surface area contributed by atoms with Gasteiger partial charge in [0.25, 0.3) is 5.91 Å². The standard InChI is InChI=1S/C21H26Cl2N6O.HI/c1-2-24-21(27-12-11-26-20(30)16-6-3-4-7-17(16)22)28-15-9-13-29(14-15)19-18(23)8-5-10-25-19;/h3-8,10,15H,2,9,11-14H2,1H3,(H,26,30)(H2,24,27,28);1H. The molecule has 1 fully saturated rings. The normalized spacial score (nSPS) is 15.9. The number of aromatic nitrogens is 1. The number of halogens is 3. The van der Waals surface area contributed by atoms with Gasteiger partial charge in [-0.2, -0.15) is 0 Å². The lowest BCUT2D eigenvalue weighted by Crippen LogP contribution is -2.45. The van der Waals surface area contributed by atoms with Gasteiger partial charge in [0.05, 0.1) is 22.2 Å². The molecule has 2 heterocycles. The Labute approximate surface area is 210 Å². The van der Waals surface area contributed by atoms with Gasteiger partial charge < -0.3 is 20.9 Å². The summed E-state index contributed by atoms with van der Waals surface area (Å²) in [6.45, 7) is 5.31. The van der Waals surface area contributed by atoms with Crippen LogP contribution in [0.3, 0.4) is 0 Å². The molecule has 1 unspecified atom stereocenters. The fraction of sp³-hybridized carbons (Fsp3) is 0.381. The zero-order valence-electron chi connectivity index (χ0n) is 17.3. The van der Waals surface area contributed by atoms with Gasteiger partial charge in [-0.3, -0.25) is 9.79 Å². The molecule has 0 aliphatic carbocycles. The number of guanidine groups is 1. The van der Waals surface area contributed by atoms with Gasteiger partial charge in [0, 0.05) is 38.4 Å². The Balaban J connectivity index is 0.00000341. The van der Waals surface area contributed by atoms with Crippen molar-refractivity contribution in [3.05, 3.63) is 58.2 Å². The number of amides is 1. The van der Waals surface area contributed by atoms with Crippen molar-refractivity contribution in [2.24, 2.45) is 4.99 Å². The number of carbonyl (C=O) groups excluding carboxylic acids is 1. The first-order chi connectivity index (χ1) is 14.6. The monoisotopic (exact) mass is 576 g/mol. The second kappa shape index (κ2) is 12.9. The van der Waals surface area contributed by atoms with Crippen molar-refractivity contribution in [1.82, 2.24) is 20.9 Å². The Bertz CT molecular complexity index is 898. The Morgan fingerprint density at radius 1 is 1.19 bits per heavy atom. The molecule has 0 radical (unpaired) electrons. The molecule has 1 aromatic carbocycles. The van der Waals surface area contributed by atoms with Crippen molar-refractivity contribution in [2.45, 2.75) is 19.4 Å². The molecule has 1 saturated heterocycles. The third kappa shape index (κ3) is 7.40. The minimum atomic E-state index is -0.201. The Hall–Kier alpha value is -1.78. The van der Waals surface area contributed by atoms with Gasteiger partial charge in [0.1, 0.15) is 5.82 Å². The molecular formula is C21H27Cl2IN6O. The number of benzene rings is 1. The second-order valence-corrected chi connectivity index (χ2v) is 7.70. The van der Waals surface area contributed by atoms with Gasteiger partial charge in [-0.05, 0) is 37.6 Å². The van der Waals surface area contributed by atoms with E-state index >= 15 is 0 Å². The number of hydrogen-bond donors (Lipinski definition) is 3. The fourth-order valence-electron chi connectivity index (χ4n) is 3.27. The SMILES string of the molecule is CCNC(=NCCNC(=O)c1ccccc1Cl)NC1CCN(c2ncccc2Cl)C1.I. The van der Waals surface area contributed by atoms with Gasteiger partial charge in [-0.1, -0.05) is 35.3 Å². The van der Waals surface area contributed by atoms with Crippen molar-refractivity contribution >= 4 is 64.9 Å². The quantitative estimate of drug-likeness (QED) is 0.203. The van der Waals surface area contributed by atoms with Crippen molar-refractivity contribution in [1.29, 1.82) is 0 Å². The van der Waals surface area contributed by atoms with Crippen molar-refractivity contribution < 1.29 is 4.79 Å². The molecule has 2 aromatic rings. The minimum absolute atomic E-state index is 0. The van der Waals surface area contributed by atoms with E-state index in [0.29, 0.717) is 28.7 Å². The van der Waals surface area contributed by atoms with E-state index in [0.717, 1.165) is 37.8 Å². The average Bonchev–Trinajstić information content (AvgIpc) is 3.20. The van der Waals surface area contributed by atoms with Gasteiger partial charge in [0.2, 0.25) is 0 Å². The summed E-state index contributed by atoms with van der Waals surface area (Å²) < 4.78 is 0. The third-order valence-corrected chi connectivity index (χ3v) is 5.32. The fourth-order valence-corrected chi connectivity index (χ4v) is 3.73. The lowest BCUT2D eigenvalue weighted by molar-refractivity contribution is 0.0955. The van der Waals surface area contributed by atoms with Crippen LogP contribution in [0.2, 0.25) is 10.0 Å². The van der Waals surface area contributed by atoms with Crippen LogP contribution in [-0.4, -0.2) is 55.6 Å². The lowest BCUT2D eigenvalue weighted by atomic mass is 10.2. The maximum absolute atomic E-state index is 12.2. The average molecular weight is 577 g/mol. The molecule has 7 nitrogen and oxygen atoms in total. The first-order valence-corrected chi connectivity index (χ1v) is 10.8. The maximum atomic E-state index is 12.2. The van der Waals surface area contributed by atoms with E-state index in [1.54, 1.807) is 30.5 Å². The molecule has 0 bridgehead atoms. The van der Waals surface area contributed by atoms with Crippen LogP contribution in [0.25, 0.3) is 0 Å². The summed E-state index contributed by atoms with van der Waals surface area (Å²) >= 11 is 12.3. The van der Waals surface area contributed by atoms with Crippen molar-refractivity contribution in [2.75, 3.05) is 37.6 Å². The van der Waals surface area contributed by atoms with Crippen LogP contribution in [0.4, 0.5) is 5.82 Å². The van der Waals surface area contributed by atoms with Gasteiger partial charge in [-0.15, -0.1) is 24.0 Å². The van der Waals surface area contributed by atoms with Gasteiger partial charge in [-0.25, -0.2) is 4.98 Å². The first kappa shape index (κ1) is 25.5. The zero-order chi connectivity index (χ0) is 21.3. The summed E-state index contributed by atoms with van der Waals surface area (Å²) in [5.41, 5.74) is 0.465. The second-order valence-electron chi connectivity index (χ2n) is 6.88. The molecule has 1 aliphatic rings. The largest absolute Gasteiger partial charge is 0.357 e. The highest BCUT2D eigenvalue weighted by atomic mass is 127. The third-order valence-electron chi connectivity index (χ3n) is 4.70. The van der Waals surface area contributed by atoms with Crippen LogP contribution in [0.1, 0.15) is 23.7 Å². The molecule has 10 heteroatoms. The molecule has 3 rings (SSSR count). The van der Waals surface area contributed by atoms with Crippen LogP contribution in [-0.2, 0) is 0 Å². The number of nitrogens with one attached hydrogen (secondary N) is 3. The van der Waals surface area contributed by atoms with E-state index < -0.39 is 0 Å². The Morgan fingerprint density at radius 2 is 1.97 bits per heavy atom. The Morgan fingerprint density at radius 3 is 2.71 bits per heavy atom. The molecule has 1 aliphatic heterocycles.